The van der Waals surface area contributed by atoms with Crippen molar-refractivity contribution in [2.45, 2.75) is 32.7 Å². The molecule has 0 bridgehead atoms. The zero-order valence-electron chi connectivity index (χ0n) is 18.9. The number of nitrogens with zero attached hydrogens (tertiary/aromatic N) is 3. The van der Waals surface area contributed by atoms with Gasteiger partial charge in [0.1, 0.15) is 5.75 Å². The molecule has 1 atom stereocenters. The fourth-order valence-corrected chi connectivity index (χ4v) is 4.13. The largest absolute Gasteiger partial charge is 0.497 e. The van der Waals surface area contributed by atoms with Gasteiger partial charge in [-0.05, 0) is 49.9 Å². The zero-order valence-corrected chi connectivity index (χ0v) is 18.9. The standard InChI is InChI=1S/C26H30N4O2/c1-18-6-4-8-22(14-18)23-16-27-26(28-17-23)30-12-10-20(11-13-30)25(31)29-19(2)21-7-5-9-24(15-21)32-3/h4-9,14-17,19-20H,10-13H2,1-3H3,(H,29,31)/t19-/m1/s1. The molecule has 0 aliphatic carbocycles. The molecule has 2 heterocycles. The van der Waals surface area contributed by atoms with E-state index in [2.05, 4.69) is 45.3 Å². The number of ether oxygens (including phenoxy) is 1. The summed E-state index contributed by atoms with van der Waals surface area (Å²) < 4.78 is 5.29. The second kappa shape index (κ2) is 9.81. The lowest BCUT2D eigenvalue weighted by Gasteiger charge is -2.32. The van der Waals surface area contributed by atoms with Crippen LogP contribution >= 0.6 is 0 Å². The molecular formula is C26H30N4O2. The SMILES string of the molecule is COc1cccc([C@@H](C)NC(=O)C2CCN(c3ncc(-c4cccc(C)c4)cn3)CC2)c1. The Morgan fingerprint density at radius 2 is 1.78 bits per heavy atom. The molecule has 0 spiro atoms. The van der Waals surface area contributed by atoms with E-state index < -0.39 is 0 Å². The molecule has 32 heavy (non-hydrogen) atoms. The van der Waals surface area contributed by atoms with Crippen LogP contribution in [0.4, 0.5) is 5.95 Å². The number of aryl methyl sites for hydroxylation is 1. The number of benzene rings is 2. The number of methoxy groups -OCH3 is 1. The van der Waals surface area contributed by atoms with Crippen molar-refractivity contribution in [2.75, 3.05) is 25.1 Å². The third-order valence-corrected chi connectivity index (χ3v) is 6.09. The third kappa shape index (κ3) is 5.07. The molecule has 3 aromatic rings. The zero-order chi connectivity index (χ0) is 22.5. The molecular weight excluding hydrogens is 400 g/mol. The highest BCUT2D eigenvalue weighted by atomic mass is 16.5. The van der Waals surface area contributed by atoms with Gasteiger partial charge in [-0.25, -0.2) is 9.97 Å². The van der Waals surface area contributed by atoms with Crippen LogP contribution in [0.5, 0.6) is 5.75 Å². The number of hydrogen-bond acceptors (Lipinski definition) is 5. The molecule has 0 saturated carbocycles. The Balaban J connectivity index is 1.32. The van der Waals surface area contributed by atoms with Crippen molar-refractivity contribution in [1.82, 2.24) is 15.3 Å². The molecule has 1 amide bonds. The third-order valence-electron chi connectivity index (χ3n) is 6.09. The van der Waals surface area contributed by atoms with Crippen LogP contribution in [0.1, 0.15) is 36.9 Å². The van der Waals surface area contributed by atoms with E-state index >= 15 is 0 Å². The minimum absolute atomic E-state index is 0.00544. The Morgan fingerprint density at radius 1 is 1.06 bits per heavy atom. The van der Waals surface area contributed by atoms with Gasteiger partial charge in [-0.3, -0.25) is 4.79 Å². The van der Waals surface area contributed by atoms with Crippen molar-refractivity contribution < 1.29 is 9.53 Å². The average molecular weight is 431 g/mol. The predicted molar refractivity (Wildman–Crippen MR) is 127 cm³/mol. The molecule has 166 valence electrons. The van der Waals surface area contributed by atoms with Crippen molar-refractivity contribution in [2.24, 2.45) is 5.92 Å². The molecule has 1 fully saturated rings. The van der Waals surface area contributed by atoms with E-state index in [4.69, 9.17) is 4.74 Å². The molecule has 1 aliphatic heterocycles. The first kappa shape index (κ1) is 21.8. The van der Waals surface area contributed by atoms with Crippen LogP contribution in [0, 0.1) is 12.8 Å². The molecule has 2 aromatic carbocycles. The van der Waals surface area contributed by atoms with Crippen LogP contribution in [0.15, 0.2) is 60.9 Å². The summed E-state index contributed by atoms with van der Waals surface area (Å²) in [5.74, 6) is 1.64. The number of rotatable bonds is 6. The molecule has 0 radical (unpaired) electrons. The quantitative estimate of drug-likeness (QED) is 0.621. The highest BCUT2D eigenvalue weighted by molar-refractivity contribution is 5.79. The fraction of sp³-hybridized carbons (Fsp3) is 0.346. The number of carbonyl (C=O) groups excluding carboxylic acids is 1. The summed E-state index contributed by atoms with van der Waals surface area (Å²) in [6, 6.07) is 16.1. The minimum Gasteiger partial charge on any atom is -0.497 e. The van der Waals surface area contributed by atoms with Crippen molar-refractivity contribution in [3.63, 3.8) is 0 Å². The highest BCUT2D eigenvalue weighted by Gasteiger charge is 2.27. The number of aromatic nitrogens is 2. The number of carbonyl (C=O) groups is 1. The van der Waals surface area contributed by atoms with Crippen molar-refractivity contribution in [3.8, 4) is 16.9 Å². The number of anilines is 1. The second-order valence-electron chi connectivity index (χ2n) is 8.41. The number of hydrogen-bond donors (Lipinski definition) is 1. The topological polar surface area (TPSA) is 67.3 Å². The van der Waals surface area contributed by atoms with Gasteiger partial charge in [0.05, 0.1) is 13.2 Å². The molecule has 0 unspecified atom stereocenters. The van der Waals surface area contributed by atoms with E-state index in [9.17, 15) is 4.79 Å². The molecule has 6 heteroatoms. The van der Waals surface area contributed by atoms with E-state index in [1.165, 1.54) is 5.56 Å². The van der Waals surface area contributed by atoms with Crippen molar-refractivity contribution in [1.29, 1.82) is 0 Å². The van der Waals surface area contributed by atoms with Crippen LogP contribution in [-0.2, 0) is 4.79 Å². The van der Waals surface area contributed by atoms with Crippen LogP contribution in [0.3, 0.4) is 0 Å². The molecule has 4 rings (SSSR count). The summed E-state index contributed by atoms with van der Waals surface area (Å²) in [4.78, 5) is 24.1. The highest BCUT2D eigenvalue weighted by Crippen LogP contribution is 2.25. The maximum atomic E-state index is 12.8. The summed E-state index contributed by atoms with van der Waals surface area (Å²) in [5.41, 5.74) is 4.39. The van der Waals surface area contributed by atoms with Crippen LogP contribution in [0.25, 0.3) is 11.1 Å². The van der Waals surface area contributed by atoms with Gasteiger partial charge in [0, 0.05) is 37.0 Å². The van der Waals surface area contributed by atoms with Gasteiger partial charge in [-0.2, -0.15) is 0 Å². The van der Waals surface area contributed by atoms with Gasteiger partial charge in [-0.15, -0.1) is 0 Å². The first-order valence-corrected chi connectivity index (χ1v) is 11.1. The smallest absolute Gasteiger partial charge is 0.225 e. The Kier molecular flexibility index (Phi) is 6.69. The summed E-state index contributed by atoms with van der Waals surface area (Å²) in [7, 11) is 1.65. The molecule has 1 aromatic heterocycles. The molecule has 1 saturated heterocycles. The van der Waals surface area contributed by atoms with Gasteiger partial charge in [-0.1, -0.05) is 42.0 Å². The summed E-state index contributed by atoms with van der Waals surface area (Å²) in [6.07, 6.45) is 5.34. The number of piperidine rings is 1. The lowest BCUT2D eigenvalue weighted by molar-refractivity contribution is -0.126. The first-order valence-electron chi connectivity index (χ1n) is 11.1. The van der Waals surface area contributed by atoms with E-state index in [-0.39, 0.29) is 17.9 Å². The van der Waals surface area contributed by atoms with Gasteiger partial charge < -0.3 is 15.0 Å². The van der Waals surface area contributed by atoms with E-state index in [1.54, 1.807) is 7.11 Å². The van der Waals surface area contributed by atoms with Crippen molar-refractivity contribution in [3.05, 3.63) is 72.1 Å². The maximum absolute atomic E-state index is 12.8. The van der Waals surface area contributed by atoms with Gasteiger partial charge in [0.25, 0.3) is 0 Å². The Morgan fingerprint density at radius 3 is 2.47 bits per heavy atom. The Bertz CT molecular complexity index is 1060. The summed E-state index contributed by atoms with van der Waals surface area (Å²) >= 11 is 0. The summed E-state index contributed by atoms with van der Waals surface area (Å²) in [6.45, 7) is 5.63. The maximum Gasteiger partial charge on any atom is 0.225 e. The lowest BCUT2D eigenvalue weighted by atomic mass is 9.95. The first-order chi connectivity index (χ1) is 15.5. The normalized spacial score (nSPS) is 15.3. The van der Waals surface area contributed by atoms with Crippen LogP contribution in [-0.4, -0.2) is 36.1 Å². The monoisotopic (exact) mass is 430 g/mol. The minimum atomic E-state index is -0.0619. The second-order valence-corrected chi connectivity index (χ2v) is 8.41. The van der Waals surface area contributed by atoms with Crippen molar-refractivity contribution >= 4 is 11.9 Å². The van der Waals surface area contributed by atoms with Gasteiger partial charge in [0.2, 0.25) is 11.9 Å². The molecule has 1 N–H and O–H groups in total. The van der Waals surface area contributed by atoms with E-state index in [0.717, 1.165) is 54.3 Å². The van der Waals surface area contributed by atoms with Gasteiger partial charge >= 0.3 is 0 Å². The molecule has 1 aliphatic rings. The number of nitrogens with one attached hydrogen (secondary N) is 1. The van der Waals surface area contributed by atoms with E-state index in [0.29, 0.717) is 0 Å². The lowest BCUT2D eigenvalue weighted by Crippen LogP contribution is -2.41. The van der Waals surface area contributed by atoms with Crippen LogP contribution < -0.4 is 15.0 Å². The number of amides is 1. The Labute approximate surface area is 189 Å². The Hall–Kier alpha value is -3.41. The van der Waals surface area contributed by atoms with E-state index in [1.807, 2.05) is 49.6 Å². The summed E-state index contributed by atoms with van der Waals surface area (Å²) in [5, 5.41) is 3.16. The molecule has 6 nitrogen and oxygen atoms in total. The van der Waals surface area contributed by atoms with Crippen LogP contribution in [0.2, 0.25) is 0 Å². The average Bonchev–Trinajstić information content (AvgIpc) is 2.84. The fourth-order valence-electron chi connectivity index (χ4n) is 4.13. The van der Waals surface area contributed by atoms with Gasteiger partial charge in [0.15, 0.2) is 0 Å². The predicted octanol–water partition coefficient (Wildman–Crippen LogP) is 4.55.